The molecular weight excluding hydrogens is 352 g/mol. The molecule has 1 N–H and O–H groups in total. The maximum Gasteiger partial charge on any atom is 0.127 e. The van der Waals surface area contributed by atoms with E-state index in [0.717, 1.165) is 37.0 Å². The molecule has 6 heteroatoms. The lowest BCUT2D eigenvalue weighted by Gasteiger charge is -2.35. The third-order valence-corrected chi connectivity index (χ3v) is 6.03. The Labute approximate surface area is 157 Å². The molecule has 3 aromatic rings. The molecule has 0 radical (unpaired) electrons. The molecule has 4 rings (SSSR count). The van der Waals surface area contributed by atoms with Crippen LogP contribution in [0.4, 0.5) is 0 Å². The van der Waals surface area contributed by atoms with Crippen molar-refractivity contribution in [2.45, 2.75) is 12.6 Å². The predicted molar refractivity (Wildman–Crippen MR) is 104 cm³/mol. The molecular formula is C19H21ClN4S. The van der Waals surface area contributed by atoms with Crippen molar-refractivity contribution < 1.29 is 0 Å². The van der Waals surface area contributed by atoms with E-state index in [9.17, 15) is 0 Å². The van der Waals surface area contributed by atoms with Gasteiger partial charge >= 0.3 is 0 Å². The minimum absolute atomic E-state index is 0.315. The molecule has 2 aromatic heterocycles. The number of imidazole rings is 1. The minimum Gasteiger partial charge on any atom is -0.337 e. The first-order chi connectivity index (χ1) is 12.2. The van der Waals surface area contributed by atoms with Crippen LogP contribution in [0.25, 0.3) is 10.4 Å². The zero-order chi connectivity index (χ0) is 17.2. The number of benzene rings is 1. The molecule has 0 saturated carbocycles. The Hall–Kier alpha value is -1.66. The van der Waals surface area contributed by atoms with E-state index in [0.29, 0.717) is 6.04 Å². The largest absolute Gasteiger partial charge is 0.337 e. The average molecular weight is 373 g/mol. The zero-order valence-electron chi connectivity index (χ0n) is 14.2. The van der Waals surface area contributed by atoms with Crippen molar-refractivity contribution in [3.63, 3.8) is 0 Å². The number of aryl methyl sites for hydroxylation is 1. The van der Waals surface area contributed by atoms with Crippen molar-refractivity contribution in [2.75, 3.05) is 19.6 Å². The van der Waals surface area contributed by atoms with E-state index in [4.69, 9.17) is 11.6 Å². The molecule has 1 aromatic carbocycles. The van der Waals surface area contributed by atoms with Gasteiger partial charge in [0, 0.05) is 60.4 Å². The summed E-state index contributed by atoms with van der Waals surface area (Å²) in [6.07, 6.45) is 3.90. The lowest BCUT2D eigenvalue weighted by atomic mass is 10.1. The summed E-state index contributed by atoms with van der Waals surface area (Å²) in [7, 11) is 2.07. The average Bonchev–Trinajstić information content (AvgIpc) is 3.25. The molecule has 130 valence electrons. The molecule has 25 heavy (non-hydrogen) atoms. The number of nitrogens with one attached hydrogen (secondary N) is 1. The van der Waals surface area contributed by atoms with E-state index in [1.54, 1.807) is 0 Å². The Bertz CT molecular complexity index is 839. The maximum absolute atomic E-state index is 5.99. The highest BCUT2D eigenvalue weighted by molar-refractivity contribution is 7.15. The van der Waals surface area contributed by atoms with Crippen LogP contribution in [-0.2, 0) is 13.6 Å². The van der Waals surface area contributed by atoms with E-state index in [-0.39, 0.29) is 0 Å². The molecule has 1 aliphatic rings. The van der Waals surface area contributed by atoms with Gasteiger partial charge in [-0.15, -0.1) is 11.3 Å². The van der Waals surface area contributed by atoms with Gasteiger partial charge in [0.2, 0.25) is 0 Å². The fourth-order valence-corrected chi connectivity index (χ4v) is 4.49. The molecule has 1 atom stereocenters. The number of nitrogens with zero attached hydrogens (tertiary/aromatic N) is 3. The van der Waals surface area contributed by atoms with Crippen LogP contribution >= 0.6 is 22.9 Å². The summed E-state index contributed by atoms with van der Waals surface area (Å²) in [5, 5.41) is 4.28. The summed E-state index contributed by atoms with van der Waals surface area (Å²) in [6.45, 7) is 3.96. The molecule has 0 amide bonds. The van der Waals surface area contributed by atoms with E-state index in [1.807, 2.05) is 35.9 Å². The Balaban J connectivity index is 1.52. The normalized spacial score (nSPS) is 18.6. The van der Waals surface area contributed by atoms with Crippen LogP contribution in [0.15, 0.2) is 48.8 Å². The highest BCUT2D eigenvalue weighted by Gasteiger charge is 2.27. The SMILES string of the molecule is Cn1ccnc1C1CNCCN1Cc1ccc(-c2ccc(Cl)cc2)s1. The molecule has 4 nitrogen and oxygen atoms in total. The smallest absolute Gasteiger partial charge is 0.127 e. The first kappa shape index (κ1) is 16.8. The Morgan fingerprint density at radius 1 is 1.24 bits per heavy atom. The van der Waals surface area contributed by atoms with Crippen molar-refractivity contribution in [2.24, 2.45) is 7.05 Å². The Morgan fingerprint density at radius 2 is 2.08 bits per heavy atom. The van der Waals surface area contributed by atoms with Crippen molar-refractivity contribution >= 4 is 22.9 Å². The number of aromatic nitrogens is 2. The number of rotatable bonds is 4. The minimum atomic E-state index is 0.315. The van der Waals surface area contributed by atoms with Gasteiger partial charge in [-0.25, -0.2) is 4.98 Å². The first-order valence-electron chi connectivity index (χ1n) is 8.47. The van der Waals surface area contributed by atoms with E-state index >= 15 is 0 Å². The van der Waals surface area contributed by atoms with Gasteiger partial charge in [-0.05, 0) is 29.8 Å². The van der Waals surface area contributed by atoms with Crippen molar-refractivity contribution in [3.8, 4) is 10.4 Å². The Kier molecular flexibility index (Phi) is 4.90. The van der Waals surface area contributed by atoms with Crippen LogP contribution in [0, 0.1) is 0 Å². The van der Waals surface area contributed by atoms with Gasteiger partial charge in [0.05, 0.1) is 6.04 Å². The number of hydrogen-bond acceptors (Lipinski definition) is 4. The molecule has 3 heterocycles. The second-order valence-electron chi connectivity index (χ2n) is 6.36. The van der Waals surface area contributed by atoms with E-state index < -0.39 is 0 Å². The molecule has 1 unspecified atom stereocenters. The second-order valence-corrected chi connectivity index (χ2v) is 7.96. The van der Waals surface area contributed by atoms with Gasteiger partial charge in [0.1, 0.15) is 5.82 Å². The van der Waals surface area contributed by atoms with Crippen LogP contribution in [0.3, 0.4) is 0 Å². The van der Waals surface area contributed by atoms with Gasteiger partial charge in [0.15, 0.2) is 0 Å². The fraction of sp³-hybridized carbons (Fsp3) is 0.316. The summed E-state index contributed by atoms with van der Waals surface area (Å²) in [5.41, 5.74) is 1.22. The standard InChI is InChI=1S/C19H21ClN4S/c1-23-10-9-22-19(23)17-12-21-8-11-24(17)13-16-6-7-18(25-16)14-2-4-15(20)5-3-14/h2-7,9-10,17,21H,8,11-13H2,1H3. The van der Waals surface area contributed by atoms with Gasteiger partial charge in [0.25, 0.3) is 0 Å². The molecule has 1 aliphatic heterocycles. The summed E-state index contributed by atoms with van der Waals surface area (Å²) in [5.74, 6) is 1.13. The van der Waals surface area contributed by atoms with Gasteiger partial charge < -0.3 is 9.88 Å². The number of hydrogen-bond donors (Lipinski definition) is 1. The summed E-state index contributed by atoms with van der Waals surface area (Å²) >= 11 is 7.85. The molecule has 0 spiro atoms. The van der Waals surface area contributed by atoms with Crippen molar-refractivity contribution in [1.29, 1.82) is 0 Å². The number of piperazine rings is 1. The second kappa shape index (κ2) is 7.30. The fourth-order valence-electron chi connectivity index (χ4n) is 3.32. The molecule has 0 aliphatic carbocycles. The van der Waals surface area contributed by atoms with Crippen molar-refractivity contribution in [1.82, 2.24) is 19.8 Å². The van der Waals surface area contributed by atoms with Crippen LogP contribution in [0.1, 0.15) is 16.7 Å². The maximum atomic E-state index is 5.99. The number of halogens is 1. The monoisotopic (exact) mass is 372 g/mol. The van der Waals surface area contributed by atoms with Crippen molar-refractivity contribution in [3.05, 3.63) is 64.5 Å². The summed E-state index contributed by atoms with van der Waals surface area (Å²) < 4.78 is 2.12. The molecule has 1 saturated heterocycles. The predicted octanol–water partition coefficient (Wildman–Crippen LogP) is 3.95. The third kappa shape index (κ3) is 3.65. The quantitative estimate of drug-likeness (QED) is 0.752. The first-order valence-corrected chi connectivity index (χ1v) is 9.67. The summed E-state index contributed by atoms with van der Waals surface area (Å²) in [6, 6.07) is 12.8. The van der Waals surface area contributed by atoms with E-state index in [1.165, 1.54) is 15.3 Å². The summed E-state index contributed by atoms with van der Waals surface area (Å²) in [4.78, 5) is 9.76. The molecule has 0 bridgehead atoms. The van der Waals surface area contributed by atoms with Crippen LogP contribution in [-0.4, -0.2) is 34.1 Å². The van der Waals surface area contributed by atoms with Gasteiger partial charge in [-0.3, -0.25) is 4.90 Å². The Morgan fingerprint density at radius 3 is 2.84 bits per heavy atom. The van der Waals surface area contributed by atoms with E-state index in [2.05, 4.69) is 51.1 Å². The van der Waals surface area contributed by atoms with Crippen LogP contribution in [0.2, 0.25) is 5.02 Å². The third-order valence-electron chi connectivity index (χ3n) is 4.66. The number of thiophene rings is 1. The highest BCUT2D eigenvalue weighted by atomic mass is 35.5. The van der Waals surface area contributed by atoms with Crippen LogP contribution in [0.5, 0.6) is 0 Å². The zero-order valence-corrected chi connectivity index (χ0v) is 15.7. The lowest BCUT2D eigenvalue weighted by Crippen LogP contribution is -2.46. The van der Waals surface area contributed by atoms with Gasteiger partial charge in [-0.1, -0.05) is 23.7 Å². The van der Waals surface area contributed by atoms with Crippen LogP contribution < -0.4 is 5.32 Å². The van der Waals surface area contributed by atoms with Gasteiger partial charge in [-0.2, -0.15) is 0 Å². The lowest BCUT2D eigenvalue weighted by molar-refractivity contribution is 0.146. The highest BCUT2D eigenvalue weighted by Crippen LogP contribution is 2.31. The molecule has 1 fully saturated rings. The topological polar surface area (TPSA) is 33.1 Å².